The van der Waals surface area contributed by atoms with E-state index in [1.165, 1.54) is 16.6 Å². The van der Waals surface area contributed by atoms with Crippen LogP contribution in [0.25, 0.3) is 10.8 Å². The summed E-state index contributed by atoms with van der Waals surface area (Å²) in [5.74, 6) is -1.65. The van der Waals surface area contributed by atoms with Crippen LogP contribution in [0, 0.1) is 0 Å². The molecule has 0 saturated carbocycles. The summed E-state index contributed by atoms with van der Waals surface area (Å²) in [5, 5.41) is 5.16. The predicted molar refractivity (Wildman–Crippen MR) is 100 cm³/mol. The number of hydrogen-bond acceptors (Lipinski definition) is 6. The fraction of sp³-hybridized carbons (Fsp3) is 0.421. The maximum atomic E-state index is 12.4. The molecule has 3 rings (SSSR count). The van der Waals surface area contributed by atoms with Crippen LogP contribution in [0.15, 0.2) is 29.1 Å². The quantitative estimate of drug-likeness (QED) is 0.715. The molecule has 1 fully saturated rings. The van der Waals surface area contributed by atoms with Gasteiger partial charge < -0.3 is 15.4 Å². The minimum absolute atomic E-state index is 0.179. The number of aromatic nitrogens is 2. The second-order valence-corrected chi connectivity index (χ2v) is 6.76. The molecule has 1 aromatic carbocycles. The summed E-state index contributed by atoms with van der Waals surface area (Å²) < 4.78 is 6.27. The largest absolute Gasteiger partial charge is 0.455 e. The Morgan fingerprint density at radius 2 is 1.93 bits per heavy atom. The van der Waals surface area contributed by atoms with Crippen LogP contribution in [0.3, 0.4) is 0 Å². The van der Waals surface area contributed by atoms with Crippen molar-refractivity contribution in [3.63, 3.8) is 0 Å². The Hall–Kier alpha value is -3.23. The normalized spacial score (nSPS) is 16.8. The van der Waals surface area contributed by atoms with Gasteiger partial charge in [-0.1, -0.05) is 18.2 Å². The van der Waals surface area contributed by atoms with Crippen molar-refractivity contribution in [2.75, 3.05) is 13.2 Å². The maximum absolute atomic E-state index is 12.4. The van der Waals surface area contributed by atoms with Crippen molar-refractivity contribution in [3.05, 3.63) is 40.3 Å². The molecule has 1 atom stereocenters. The van der Waals surface area contributed by atoms with Crippen molar-refractivity contribution in [1.29, 1.82) is 0 Å². The first-order valence-electron chi connectivity index (χ1n) is 9.08. The molecule has 9 nitrogen and oxygen atoms in total. The highest BCUT2D eigenvalue weighted by molar-refractivity contribution is 5.89. The number of aryl methyl sites for hydroxylation is 1. The van der Waals surface area contributed by atoms with E-state index in [1.807, 2.05) is 0 Å². The number of esters is 1. The van der Waals surface area contributed by atoms with E-state index in [0.29, 0.717) is 29.4 Å². The van der Waals surface area contributed by atoms with Crippen molar-refractivity contribution < 1.29 is 19.1 Å². The molecule has 0 aliphatic carbocycles. The van der Waals surface area contributed by atoms with Gasteiger partial charge in [-0.25, -0.2) is 4.68 Å². The summed E-state index contributed by atoms with van der Waals surface area (Å²) in [7, 11) is 1.51. The number of benzene rings is 1. The highest BCUT2D eigenvalue weighted by Crippen LogP contribution is 2.17. The number of nitrogens with two attached hydrogens (primary N) is 1. The summed E-state index contributed by atoms with van der Waals surface area (Å²) >= 11 is 0. The molecule has 28 heavy (non-hydrogen) atoms. The van der Waals surface area contributed by atoms with Gasteiger partial charge in [-0.3, -0.25) is 19.2 Å². The van der Waals surface area contributed by atoms with Crippen molar-refractivity contribution in [2.24, 2.45) is 12.8 Å². The number of carbonyl (C=O) groups excluding carboxylic acids is 3. The molecule has 0 radical (unpaired) electrons. The van der Waals surface area contributed by atoms with Crippen molar-refractivity contribution in [1.82, 2.24) is 14.7 Å². The lowest BCUT2D eigenvalue weighted by Crippen LogP contribution is -2.51. The number of piperidine rings is 1. The monoisotopic (exact) mass is 386 g/mol. The van der Waals surface area contributed by atoms with E-state index >= 15 is 0 Å². The van der Waals surface area contributed by atoms with Crippen LogP contribution in [0.5, 0.6) is 0 Å². The van der Waals surface area contributed by atoms with Gasteiger partial charge in [-0.15, -0.1) is 0 Å². The number of carbonyl (C=O) groups is 3. The number of ether oxygens (including phenoxy) is 1. The predicted octanol–water partition coefficient (Wildman–Crippen LogP) is -0.114. The molecular formula is C19H22N4O5. The SMILES string of the molecule is Cn1nc(CC(=O)OCC(=O)N2CCCC[C@H]2C(N)=O)c2ccccc2c1=O. The highest BCUT2D eigenvalue weighted by atomic mass is 16.5. The van der Waals surface area contributed by atoms with Gasteiger partial charge in [0.2, 0.25) is 5.91 Å². The first-order valence-corrected chi connectivity index (χ1v) is 9.08. The lowest BCUT2D eigenvalue weighted by molar-refractivity contribution is -0.154. The second kappa shape index (κ2) is 8.20. The van der Waals surface area contributed by atoms with Crippen LogP contribution in [-0.2, 0) is 32.6 Å². The Balaban J connectivity index is 1.67. The molecule has 2 heterocycles. The smallest absolute Gasteiger partial charge is 0.312 e. The maximum Gasteiger partial charge on any atom is 0.312 e. The number of fused-ring (bicyclic) bond motifs is 1. The lowest BCUT2D eigenvalue weighted by atomic mass is 10.0. The second-order valence-electron chi connectivity index (χ2n) is 6.76. The Kier molecular flexibility index (Phi) is 5.72. The topological polar surface area (TPSA) is 125 Å². The van der Waals surface area contributed by atoms with E-state index in [-0.39, 0.29) is 12.0 Å². The number of likely N-dealkylation sites (tertiary alicyclic amines) is 1. The van der Waals surface area contributed by atoms with Crippen LogP contribution < -0.4 is 11.3 Å². The summed E-state index contributed by atoms with van der Waals surface area (Å²) in [6.45, 7) is -0.0523. The molecule has 1 aliphatic heterocycles. The first kappa shape index (κ1) is 19.5. The average molecular weight is 386 g/mol. The van der Waals surface area contributed by atoms with E-state index in [4.69, 9.17) is 10.5 Å². The fourth-order valence-electron chi connectivity index (χ4n) is 3.45. The van der Waals surface area contributed by atoms with Gasteiger partial charge in [-0.05, 0) is 25.3 Å². The first-order chi connectivity index (χ1) is 13.4. The van der Waals surface area contributed by atoms with E-state index < -0.39 is 30.4 Å². The minimum atomic E-state index is -0.658. The third-order valence-corrected chi connectivity index (χ3v) is 4.85. The van der Waals surface area contributed by atoms with Gasteiger partial charge in [0.05, 0.1) is 17.5 Å². The average Bonchev–Trinajstić information content (AvgIpc) is 2.70. The number of amides is 2. The van der Waals surface area contributed by atoms with Gasteiger partial charge in [-0.2, -0.15) is 5.10 Å². The molecule has 0 spiro atoms. The van der Waals surface area contributed by atoms with Gasteiger partial charge in [0.15, 0.2) is 6.61 Å². The van der Waals surface area contributed by atoms with Gasteiger partial charge in [0, 0.05) is 19.0 Å². The summed E-state index contributed by atoms with van der Waals surface area (Å²) in [6.07, 6.45) is 1.93. The highest BCUT2D eigenvalue weighted by Gasteiger charge is 2.31. The van der Waals surface area contributed by atoms with Crippen molar-refractivity contribution in [2.45, 2.75) is 31.7 Å². The molecule has 1 aromatic heterocycles. The van der Waals surface area contributed by atoms with Crippen LogP contribution in [-0.4, -0.2) is 51.7 Å². The molecule has 1 saturated heterocycles. The lowest BCUT2D eigenvalue weighted by Gasteiger charge is -2.33. The Bertz CT molecular complexity index is 984. The molecule has 0 bridgehead atoms. The molecule has 2 N–H and O–H groups in total. The van der Waals surface area contributed by atoms with E-state index in [9.17, 15) is 19.2 Å². The third kappa shape index (κ3) is 4.03. The summed E-state index contributed by atoms with van der Waals surface area (Å²) in [5.41, 5.74) is 5.49. The number of rotatable bonds is 5. The molecule has 148 valence electrons. The van der Waals surface area contributed by atoms with Crippen molar-refractivity contribution >= 4 is 28.6 Å². The number of hydrogen-bond donors (Lipinski definition) is 1. The zero-order valence-electron chi connectivity index (χ0n) is 15.6. The molecule has 1 aliphatic rings. The van der Waals surface area contributed by atoms with E-state index in [1.54, 1.807) is 24.3 Å². The Labute approximate surface area is 161 Å². The van der Waals surface area contributed by atoms with Crippen LogP contribution in [0.1, 0.15) is 25.0 Å². The summed E-state index contributed by atoms with van der Waals surface area (Å²) in [4.78, 5) is 49.6. The molecule has 0 unspecified atom stereocenters. The zero-order valence-corrected chi connectivity index (χ0v) is 15.6. The molecular weight excluding hydrogens is 364 g/mol. The van der Waals surface area contributed by atoms with E-state index in [2.05, 4.69) is 5.10 Å². The van der Waals surface area contributed by atoms with Crippen LogP contribution in [0.4, 0.5) is 0 Å². The van der Waals surface area contributed by atoms with Crippen LogP contribution in [0.2, 0.25) is 0 Å². The van der Waals surface area contributed by atoms with Crippen molar-refractivity contribution in [3.8, 4) is 0 Å². The zero-order chi connectivity index (χ0) is 20.3. The van der Waals surface area contributed by atoms with E-state index in [0.717, 1.165) is 12.8 Å². The molecule has 9 heteroatoms. The molecule has 2 aromatic rings. The van der Waals surface area contributed by atoms with Gasteiger partial charge >= 0.3 is 5.97 Å². The van der Waals surface area contributed by atoms with Gasteiger partial charge in [0.25, 0.3) is 11.5 Å². The Morgan fingerprint density at radius 1 is 1.21 bits per heavy atom. The number of primary amides is 1. The number of nitrogens with zero attached hydrogens (tertiary/aromatic N) is 3. The van der Waals surface area contributed by atoms with Gasteiger partial charge in [0.1, 0.15) is 6.04 Å². The minimum Gasteiger partial charge on any atom is -0.455 e. The third-order valence-electron chi connectivity index (χ3n) is 4.85. The fourth-order valence-corrected chi connectivity index (χ4v) is 3.45. The standard InChI is InChI=1S/C19H22N4O5/c1-22-19(27)13-7-3-2-6-12(13)14(21-22)10-17(25)28-11-16(24)23-9-5-4-8-15(23)18(20)26/h2-3,6-7,15H,4-5,8-11H2,1H3,(H2,20,26)/t15-/m0/s1. The van der Waals surface area contributed by atoms with Crippen LogP contribution >= 0.6 is 0 Å². The molecule has 2 amide bonds. The summed E-state index contributed by atoms with van der Waals surface area (Å²) in [6, 6.07) is 6.20. The Morgan fingerprint density at radius 3 is 2.64 bits per heavy atom.